The van der Waals surface area contributed by atoms with Gasteiger partial charge in [-0.3, -0.25) is 19.3 Å². The van der Waals surface area contributed by atoms with Gasteiger partial charge in [-0.15, -0.1) is 0 Å². The van der Waals surface area contributed by atoms with E-state index in [2.05, 4.69) is 10.6 Å². The maximum atomic E-state index is 12.5. The van der Waals surface area contributed by atoms with E-state index in [1.165, 1.54) is 0 Å². The smallest absolute Gasteiger partial charge is 0.238 e. The Morgan fingerprint density at radius 1 is 1.00 bits per heavy atom. The van der Waals surface area contributed by atoms with E-state index >= 15 is 0 Å². The molecule has 0 aliphatic carbocycles. The Balaban J connectivity index is 1.55. The van der Waals surface area contributed by atoms with Gasteiger partial charge >= 0.3 is 0 Å². The van der Waals surface area contributed by atoms with Gasteiger partial charge in [0.2, 0.25) is 17.7 Å². The Kier molecular flexibility index (Phi) is 6.85. The number of benzene rings is 2. The van der Waals surface area contributed by atoms with Gasteiger partial charge in [-0.25, -0.2) is 0 Å². The zero-order valence-electron chi connectivity index (χ0n) is 16.2. The van der Waals surface area contributed by atoms with E-state index in [1.54, 1.807) is 53.2 Å². The highest BCUT2D eigenvalue weighted by Crippen LogP contribution is 2.29. The summed E-state index contributed by atoms with van der Waals surface area (Å²) in [6.45, 7) is 0.705. The topological polar surface area (TPSA) is 81.8 Å². The number of carbonyl (C=O) groups is 3. The molecule has 1 aliphatic heterocycles. The van der Waals surface area contributed by atoms with Gasteiger partial charge in [0.15, 0.2) is 0 Å². The minimum Gasteiger partial charge on any atom is -0.324 e. The summed E-state index contributed by atoms with van der Waals surface area (Å²) < 4.78 is 0. The number of para-hydroxylation sites is 3. The van der Waals surface area contributed by atoms with Crippen LogP contribution < -0.4 is 15.5 Å². The van der Waals surface area contributed by atoms with E-state index in [0.717, 1.165) is 6.42 Å². The molecule has 8 heteroatoms. The normalized spacial score (nSPS) is 13.6. The molecule has 0 atom stereocenters. The van der Waals surface area contributed by atoms with Gasteiger partial charge in [0.05, 0.1) is 35.2 Å². The molecule has 29 heavy (non-hydrogen) atoms. The standard InChI is InChI=1S/C21H23ClN4O3/c1-25(13-19(27)23-16-8-3-2-7-15(16)22)14-20(28)24-17-9-4-5-10-18(17)26-12-6-11-21(26)29/h2-5,7-10H,6,11-14H2,1H3,(H,23,27)(H,24,28). The van der Waals surface area contributed by atoms with Gasteiger partial charge in [-0.1, -0.05) is 35.9 Å². The second kappa shape index (κ2) is 9.54. The quantitative estimate of drug-likeness (QED) is 0.729. The van der Waals surface area contributed by atoms with Crippen LogP contribution in [-0.2, 0) is 14.4 Å². The lowest BCUT2D eigenvalue weighted by molar-refractivity contribution is -0.120. The monoisotopic (exact) mass is 414 g/mol. The molecule has 2 N–H and O–H groups in total. The Morgan fingerprint density at radius 3 is 2.21 bits per heavy atom. The Labute approximate surface area is 174 Å². The fourth-order valence-corrected chi connectivity index (χ4v) is 3.39. The van der Waals surface area contributed by atoms with Crippen LogP contribution in [-0.4, -0.2) is 49.3 Å². The van der Waals surface area contributed by atoms with E-state index in [1.807, 2.05) is 12.1 Å². The highest BCUT2D eigenvalue weighted by molar-refractivity contribution is 6.33. The summed E-state index contributed by atoms with van der Waals surface area (Å²) in [5, 5.41) is 6.02. The minimum atomic E-state index is -0.267. The van der Waals surface area contributed by atoms with E-state index in [9.17, 15) is 14.4 Å². The average molecular weight is 415 g/mol. The van der Waals surface area contributed by atoms with E-state index in [-0.39, 0.29) is 30.8 Å². The fraction of sp³-hybridized carbons (Fsp3) is 0.286. The first-order chi connectivity index (χ1) is 13.9. The number of hydrogen-bond donors (Lipinski definition) is 2. The number of halogens is 1. The molecule has 7 nitrogen and oxygen atoms in total. The first-order valence-electron chi connectivity index (χ1n) is 9.36. The fourth-order valence-electron chi connectivity index (χ4n) is 3.21. The van der Waals surface area contributed by atoms with Gasteiger partial charge in [-0.2, -0.15) is 0 Å². The number of carbonyl (C=O) groups excluding carboxylic acids is 3. The molecule has 2 aromatic carbocycles. The summed E-state index contributed by atoms with van der Waals surface area (Å²) in [7, 11) is 1.68. The molecule has 0 unspecified atom stereocenters. The van der Waals surface area contributed by atoms with Crippen LogP contribution in [0.5, 0.6) is 0 Å². The number of hydrogen-bond acceptors (Lipinski definition) is 4. The van der Waals surface area contributed by atoms with Gasteiger partial charge < -0.3 is 15.5 Å². The van der Waals surface area contributed by atoms with E-state index in [0.29, 0.717) is 35.1 Å². The Bertz CT molecular complexity index is 918. The van der Waals surface area contributed by atoms with Crippen molar-refractivity contribution in [1.82, 2.24) is 4.90 Å². The van der Waals surface area contributed by atoms with Crippen molar-refractivity contribution in [1.29, 1.82) is 0 Å². The molecular weight excluding hydrogens is 392 g/mol. The first kappa shape index (κ1) is 20.8. The zero-order chi connectivity index (χ0) is 20.8. The number of nitrogens with zero attached hydrogens (tertiary/aromatic N) is 2. The largest absolute Gasteiger partial charge is 0.324 e. The van der Waals surface area contributed by atoms with E-state index < -0.39 is 0 Å². The molecule has 152 valence electrons. The van der Waals surface area contributed by atoms with Crippen molar-refractivity contribution in [3.63, 3.8) is 0 Å². The number of nitrogens with one attached hydrogen (secondary N) is 2. The van der Waals surface area contributed by atoms with Crippen molar-refractivity contribution in [2.45, 2.75) is 12.8 Å². The molecule has 0 bridgehead atoms. The maximum absolute atomic E-state index is 12.5. The molecule has 3 amide bonds. The second-order valence-corrected chi connectivity index (χ2v) is 7.32. The lowest BCUT2D eigenvalue weighted by Gasteiger charge is -2.21. The van der Waals surface area contributed by atoms with Gasteiger partial charge in [-0.05, 0) is 37.7 Å². The van der Waals surface area contributed by atoms with Crippen LogP contribution in [0.4, 0.5) is 17.1 Å². The van der Waals surface area contributed by atoms with Crippen molar-refractivity contribution in [3.05, 3.63) is 53.6 Å². The van der Waals surface area contributed by atoms with Crippen LogP contribution in [0.2, 0.25) is 5.02 Å². The number of rotatable bonds is 7. The zero-order valence-corrected chi connectivity index (χ0v) is 16.9. The van der Waals surface area contributed by atoms with Crippen LogP contribution >= 0.6 is 11.6 Å². The van der Waals surface area contributed by atoms with Gasteiger partial charge in [0, 0.05) is 13.0 Å². The van der Waals surface area contributed by atoms with Gasteiger partial charge in [0.25, 0.3) is 0 Å². The molecule has 2 aromatic rings. The number of amides is 3. The maximum Gasteiger partial charge on any atom is 0.238 e. The third-order valence-electron chi connectivity index (χ3n) is 4.52. The first-order valence-corrected chi connectivity index (χ1v) is 9.74. The van der Waals surface area contributed by atoms with E-state index in [4.69, 9.17) is 11.6 Å². The lowest BCUT2D eigenvalue weighted by atomic mass is 10.2. The van der Waals surface area contributed by atoms with Crippen LogP contribution in [0, 0.1) is 0 Å². The molecule has 0 radical (unpaired) electrons. The molecule has 1 fully saturated rings. The highest BCUT2D eigenvalue weighted by Gasteiger charge is 2.24. The van der Waals surface area contributed by atoms with Crippen molar-refractivity contribution < 1.29 is 14.4 Å². The Hall–Kier alpha value is -2.90. The predicted molar refractivity (Wildman–Crippen MR) is 114 cm³/mol. The molecule has 1 saturated heterocycles. The predicted octanol–water partition coefficient (Wildman–Crippen LogP) is 2.98. The van der Waals surface area contributed by atoms with Gasteiger partial charge in [0.1, 0.15) is 0 Å². The summed E-state index contributed by atoms with van der Waals surface area (Å²) >= 11 is 6.04. The lowest BCUT2D eigenvalue weighted by Crippen LogP contribution is -2.36. The van der Waals surface area contributed by atoms with Crippen molar-refractivity contribution in [2.75, 3.05) is 42.2 Å². The van der Waals surface area contributed by atoms with Crippen molar-refractivity contribution in [3.8, 4) is 0 Å². The van der Waals surface area contributed by atoms with Crippen molar-refractivity contribution in [2.24, 2.45) is 0 Å². The molecule has 3 rings (SSSR count). The summed E-state index contributed by atoms with van der Waals surface area (Å²) in [5.41, 5.74) is 1.81. The molecular formula is C21H23ClN4O3. The summed E-state index contributed by atoms with van der Waals surface area (Å²) in [4.78, 5) is 40.0. The molecule has 0 saturated carbocycles. The number of likely N-dealkylation sites (N-methyl/N-ethyl adjacent to an activating group) is 1. The summed E-state index contributed by atoms with van der Waals surface area (Å²) in [6, 6.07) is 14.2. The Morgan fingerprint density at radius 2 is 1.59 bits per heavy atom. The molecule has 0 aromatic heterocycles. The number of anilines is 3. The third kappa shape index (κ3) is 5.56. The highest BCUT2D eigenvalue weighted by atomic mass is 35.5. The SMILES string of the molecule is CN(CC(=O)Nc1ccccc1Cl)CC(=O)Nc1ccccc1N1CCCC1=O. The van der Waals surface area contributed by atoms with Crippen LogP contribution in [0.15, 0.2) is 48.5 Å². The summed E-state index contributed by atoms with van der Waals surface area (Å²) in [5.74, 6) is -0.478. The van der Waals surface area contributed by atoms with Crippen LogP contribution in [0.25, 0.3) is 0 Å². The van der Waals surface area contributed by atoms with Crippen LogP contribution in [0.1, 0.15) is 12.8 Å². The van der Waals surface area contributed by atoms with Crippen molar-refractivity contribution >= 4 is 46.4 Å². The molecule has 1 aliphatic rings. The van der Waals surface area contributed by atoms with Crippen LogP contribution in [0.3, 0.4) is 0 Å². The average Bonchev–Trinajstić information content (AvgIpc) is 3.09. The second-order valence-electron chi connectivity index (χ2n) is 6.91. The third-order valence-corrected chi connectivity index (χ3v) is 4.85. The molecule has 0 spiro atoms. The summed E-state index contributed by atoms with van der Waals surface area (Å²) in [6.07, 6.45) is 1.33. The molecule has 1 heterocycles. The minimum absolute atomic E-state index is 0.0260.